The highest BCUT2D eigenvalue weighted by Crippen LogP contribution is 2.36. The Morgan fingerprint density at radius 1 is 1.35 bits per heavy atom. The number of carbonyl (C=O) groups is 1. The molecule has 122 valence electrons. The molecule has 0 aliphatic carbocycles. The van der Waals surface area contributed by atoms with Crippen molar-refractivity contribution in [2.24, 2.45) is 12.5 Å². The maximum Gasteiger partial charge on any atom is 0.233 e. The van der Waals surface area contributed by atoms with Crippen molar-refractivity contribution in [1.29, 1.82) is 0 Å². The van der Waals surface area contributed by atoms with Crippen molar-refractivity contribution in [3.05, 3.63) is 35.8 Å². The lowest BCUT2D eigenvalue weighted by atomic mass is 9.92. The van der Waals surface area contributed by atoms with Crippen LogP contribution in [0.25, 0.3) is 0 Å². The first kappa shape index (κ1) is 15.5. The van der Waals surface area contributed by atoms with Crippen LogP contribution in [-0.2, 0) is 18.4 Å². The number of pyridine rings is 1. The third kappa shape index (κ3) is 3.06. The topological polar surface area (TPSA) is 63.1 Å². The zero-order valence-electron chi connectivity index (χ0n) is 14.1. The second kappa shape index (κ2) is 5.68. The van der Waals surface area contributed by atoms with Crippen molar-refractivity contribution in [3.8, 4) is 0 Å². The van der Waals surface area contributed by atoms with Gasteiger partial charge >= 0.3 is 0 Å². The second-order valence-corrected chi connectivity index (χ2v) is 6.85. The van der Waals surface area contributed by atoms with E-state index in [-0.39, 0.29) is 11.3 Å². The van der Waals surface area contributed by atoms with E-state index in [2.05, 4.69) is 21.5 Å². The second-order valence-electron chi connectivity index (χ2n) is 6.85. The number of aromatic nitrogens is 3. The molecule has 0 spiro atoms. The van der Waals surface area contributed by atoms with Crippen LogP contribution >= 0.6 is 0 Å². The summed E-state index contributed by atoms with van der Waals surface area (Å²) < 4.78 is 1.74. The maximum absolute atomic E-state index is 12.5. The minimum Gasteiger partial charge on any atom is -0.377 e. The minimum absolute atomic E-state index is 0.136. The molecule has 0 bridgehead atoms. The van der Waals surface area contributed by atoms with Crippen LogP contribution in [0.3, 0.4) is 0 Å². The van der Waals surface area contributed by atoms with Crippen LogP contribution in [0.5, 0.6) is 0 Å². The molecule has 1 aliphatic heterocycles. The largest absolute Gasteiger partial charge is 0.377 e. The quantitative estimate of drug-likeness (QED) is 0.942. The van der Waals surface area contributed by atoms with Gasteiger partial charge in [0.25, 0.3) is 0 Å². The molecule has 6 nitrogen and oxygen atoms in total. The van der Waals surface area contributed by atoms with E-state index in [4.69, 9.17) is 0 Å². The van der Waals surface area contributed by atoms with Crippen molar-refractivity contribution < 1.29 is 4.79 Å². The van der Waals surface area contributed by atoms with Gasteiger partial charge in [0.15, 0.2) is 5.82 Å². The number of anilines is 2. The molecular formula is C17H23N5O. The first-order valence-electron chi connectivity index (χ1n) is 7.87. The molecule has 0 radical (unpaired) electrons. The van der Waals surface area contributed by atoms with E-state index in [0.717, 1.165) is 23.2 Å². The lowest BCUT2D eigenvalue weighted by Gasteiger charge is -2.19. The molecule has 6 heteroatoms. The van der Waals surface area contributed by atoms with Crippen molar-refractivity contribution >= 4 is 17.4 Å². The maximum atomic E-state index is 12.5. The van der Waals surface area contributed by atoms with Gasteiger partial charge in [0, 0.05) is 37.9 Å². The zero-order chi connectivity index (χ0) is 16.6. The third-order valence-corrected chi connectivity index (χ3v) is 4.26. The van der Waals surface area contributed by atoms with Gasteiger partial charge in [-0.3, -0.25) is 19.4 Å². The molecular weight excluding hydrogens is 290 g/mol. The van der Waals surface area contributed by atoms with Crippen LogP contribution in [0, 0.1) is 12.3 Å². The number of nitrogens with one attached hydrogen (secondary N) is 1. The van der Waals surface area contributed by atoms with Gasteiger partial charge in [-0.15, -0.1) is 0 Å². The fourth-order valence-corrected chi connectivity index (χ4v) is 2.88. The standard InChI is InChI=1S/C17H23N5O/c1-12-7-13(9-18-8-12)10-19-14-11-21(4)20-15(14)22-6-5-17(2,3)16(22)23/h7-9,11,19H,5-6,10H2,1-4H3. The van der Waals surface area contributed by atoms with Gasteiger partial charge < -0.3 is 5.32 Å². The number of carbonyl (C=O) groups excluding carboxylic acids is 1. The number of hydrogen-bond donors (Lipinski definition) is 1. The fourth-order valence-electron chi connectivity index (χ4n) is 2.88. The smallest absolute Gasteiger partial charge is 0.233 e. The van der Waals surface area contributed by atoms with Gasteiger partial charge in [-0.1, -0.05) is 19.9 Å². The lowest BCUT2D eigenvalue weighted by Crippen LogP contribution is -2.31. The van der Waals surface area contributed by atoms with Gasteiger partial charge in [0.1, 0.15) is 0 Å². The van der Waals surface area contributed by atoms with Crippen LogP contribution in [-0.4, -0.2) is 27.2 Å². The first-order valence-corrected chi connectivity index (χ1v) is 7.87. The summed E-state index contributed by atoms with van der Waals surface area (Å²) in [6.45, 7) is 7.37. The average molecular weight is 313 g/mol. The van der Waals surface area contributed by atoms with Crippen molar-refractivity contribution in [2.45, 2.75) is 33.7 Å². The van der Waals surface area contributed by atoms with Crippen molar-refractivity contribution in [3.63, 3.8) is 0 Å². The molecule has 2 aromatic rings. The number of hydrogen-bond acceptors (Lipinski definition) is 4. The van der Waals surface area contributed by atoms with E-state index < -0.39 is 0 Å². The van der Waals surface area contributed by atoms with Crippen LogP contribution in [0.4, 0.5) is 11.5 Å². The predicted molar refractivity (Wildman–Crippen MR) is 90.3 cm³/mol. The number of aryl methyl sites for hydroxylation is 2. The molecule has 1 aliphatic rings. The Labute approximate surface area is 136 Å². The number of rotatable bonds is 4. The zero-order valence-corrected chi connectivity index (χ0v) is 14.1. The molecule has 1 N–H and O–H groups in total. The minimum atomic E-state index is -0.310. The highest BCUT2D eigenvalue weighted by molar-refractivity contribution is 6.00. The highest BCUT2D eigenvalue weighted by atomic mass is 16.2. The average Bonchev–Trinajstić information content (AvgIpc) is 2.98. The Bertz CT molecular complexity index is 734. The molecule has 0 saturated carbocycles. The van der Waals surface area contributed by atoms with Crippen LogP contribution < -0.4 is 10.2 Å². The molecule has 3 heterocycles. The third-order valence-electron chi connectivity index (χ3n) is 4.26. The Morgan fingerprint density at radius 2 is 2.13 bits per heavy atom. The van der Waals surface area contributed by atoms with E-state index in [0.29, 0.717) is 18.9 Å². The van der Waals surface area contributed by atoms with Crippen LogP contribution in [0.15, 0.2) is 24.7 Å². The molecule has 0 unspecified atom stereocenters. The summed E-state index contributed by atoms with van der Waals surface area (Å²) in [6, 6.07) is 2.10. The summed E-state index contributed by atoms with van der Waals surface area (Å²) in [4.78, 5) is 18.5. The van der Waals surface area contributed by atoms with Gasteiger partial charge in [0.05, 0.1) is 11.9 Å². The van der Waals surface area contributed by atoms with Crippen LogP contribution in [0.1, 0.15) is 31.4 Å². The Balaban J connectivity index is 1.80. The summed E-state index contributed by atoms with van der Waals surface area (Å²) in [5.74, 6) is 0.847. The summed E-state index contributed by atoms with van der Waals surface area (Å²) in [5.41, 5.74) is 2.80. The Hall–Kier alpha value is -2.37. The molecule has 1 fully saturated rings. The Morgan fingerprint density at radius 3 is 2.78 bits per heavy atom. The highest BCUT2D eigenvalue weighted by Gasteiger charge is 2.41. The molecule has 0 aromatic carbocycles. The molecule has 1 saturated heterocycles. The van der Waals surface area contributed by atoms with Crippen molar-refractivity contribution in [2.75, 3.05) is 16.8 Å². The summed E-state index contributed by atoms with van der Waals surface area (Å²) >= 11 is 0. The molecule has 2 aromatic heterocycles. The molecule has 3 rings (SSSR count). The fraction of sp³-hybridized carbons (Fsp3) is 0.471. The van der Waals surface area contributed by atoms with Gasteiger partial charge in [-0.05, 0) is 24.5 Å². The predicted octanol–water partition coefficient (Wildman–Crippen LogP) is 2.50. The van der Waals surface area contributed by atoms with Gasteiger partial charge in [-0.25, -0.2) is 0 Å². The summed E-state index contributed by atoms with van der Waals surface area (Å²) in [5, 5.41) is 7.87. The molecule has 23 heavy (non-hydrogen) atoms. The SMILES string of the molecule is Cc1cncc(CNc2cn(C)nc2N2CCC(C)(C)C2=O)c1. The first-order chi connectivity index (χ1) is 10.9. The van der Waals surface area contributed by atoms with Crippen molar-refractivity contribution in [1.82, 2.24) is 14.8 Å². The van der Waals surface area contributed by atoms with E-state index in [1.807, 2.05) is 46.4 Å². The Kier molecular flexibility index (Phi) is 3.83. The number of nitrogens with zero attached hydrogens (tertiary/aromatic N) is 4. The van der Waals surface area contributed by atoms with Gasteiger partial charge in [-0.2, -0.15) is 5.10 Å². The lowest BCUT2D eigenvalue weighted by molar-refractivity contribution is -0.124. The summed E-state index contributed by atoms with van der Waals surface area (Å²) in [6.07, 6.45) is 6.45. The normalized spacial score (nSPS) is 16.9. The van der Waals surface area contributed by atoms with E-state index >= 15 is 0 Å². The molecule has 0 atom stereocenters. The van der Waals surface area contributed by atoms with E-state index in [1.165, 1.54) is 0 Å². The van der Waals surface area contributed by atoms with Gasteiger partial charge in [0.2, 0.25) is 5.91 Å². The van der Waals surface area contributed by atoms with E-state index in [1.54, 1.807) is 9.58 Å². The van der Waals surface area contributed by atoms with Crippen LogP contribution in [0.2, 0.25) is 0 Å². The summed E-state index contributed by atoms with van der Waals surface area (Å²) in [7, 11) is 1.87. The van der Waals surface area contributed by atoms with E-state index in [9.17, 15) is 4.79 Å². The molecule has 1 amide bonds. The number of amides is 1. The monoisotopic (exact) mass is 313 g/mol.